The van der Waals surface area contributed by atoms with E-state index in [4.69, 9.17) is 14.5 Å². The summed E-state index contributed by atoms with van der Waals surface area (Å²) in [6, 6.07) is 38.7. The summed E-state index contributed by atoms with van der Waals surface area (Å²) in [5.41, 5.74) is 5.44. The second kappa shape index (κ2) is 24.6. The third-order valence-corrected chi connectivity index (χ3v) is 9.22. The van der Waals surface area contributed by atoms with Gasteiger partial charge in [0.25, 0.3) is 0 Å². The van der Waals surface area contributed by atoms with Crippen molar-refractivity contribution in [3.63, 3.8) is 0 Å². The Balaban J connectivity index is 0.000000215. The van der Waals surface area contributed by atoms with Crippen molar-refractivity contribution in [3.8, 4) is 0 Å². The number of esters is 2. The highest BCUT2D eigenvalue weighted by molar-refractivity contribution is 6.14. The predicted octanol–water partition coefficient (Wildman–Crippen LogP) is 9.38. The van der Waals surface area contributed by atoms with Crippen LogP contribution in [0, 0.1) is 5.92 Å². The molecule has 4 aromatic rings. The van der Waals surface area contributed by atoms with Gasteiger partial charge in [-0.05, 0) is 57.9 Å². The summed E-state index contributed by atoms with van der Waals surface area (Å²) in [4.78, 5) is 56.4. The van der Waals surface area contributed by atoms with Crippen LogP contribution in [0.15, 0.2) is 143 Å². The number of benzene rings is 4. The summed E-state index contributed by atoms with van der Waals surface area (Å²) in [5.74, 6) is -0.254. The standard InChI is InChI=1S/C24H27NO3.C17H17NO2.C7H10O/c1-2-28-24(27)23(20-15-9-10-16-21(26)17-20)25-22(18-11-5-3-6-12-18)19-13-7-4-8-14-19;1-2-20-16(19)13-18-17(14-9-5-3-6-10-14)15-11-7-4-8-12-15;8-7-5-3-1-2-4-6-7/h3-8,11-14,20,23H,2,9-10,15-17H2,1H3;3-12H,2,13H2,1H3;3,5H,1-2,4,6H2/t20-,23-;;/m0../s1. The van der Waals surface area contributed by atoms with Crippen molar-refractivity contribution in [2.75, 3.05) is 19.8 Å². The molecule has 1 saturated carbocycles. The van der Waals surface area contributed by atoms with E-state index in [0.717, 1.165) is 72.2 Å². The van der Waals surface area contributed by atoms with Gasteiger partial charge in [-0.25, -0.2) is 4.79 Å². The molecule has 0 radical (unpaired) electrons. The van der Waals surface area contributed by atoms with Gasteiger partial charge in [0.15, 0.2) is 11.8 Å². The van der Waals surface area contributed by atoms with E-state index in [0.29, 0.717) is 31.8 Å². The SMILES string of the molecule is CCOC(=O)CN=C(c1ccccc1)c1ccccc1.CCOC(=O)[C@@H](N=C(c1ccccc1)c1ccccc1)[C@H]1CCCCC(=O)C1.O=C1C=CCCCC1. The Labute approximate surface area is 331 Å². The second-order valence-corrected chi connectivity index (χ2v) is 13.5. The number of rotatable bonds is 11. The van der Waals surface area contributed by atoms with Gasteiger partial charge in [0, 0.05) is 41.5 Å². The van der Waals surface area contributed by atoms with Gasteiger partial charge in [-0.3, -0.25) is 24.4 Å². The molecule has 1 fully saturated rings. The molecule has 0 unspecified atom stereocenters. The molecule has 2 aliphatic carbocycles. The van der Waals surface area contributed by atoms with E-state index in [-0.39, 0.29) is 30.2 Å². The Morgan fingerprint density at radius 3 is 1.66 bits per heavy atom. The van der Waals surface area contributed by atoms with Crippen LogP contribution in [0.3, 0.4) is 0 Å². The number of aliphatic imine (C=N–C) groups is 2. The topological polar surface area (TPSA) is 111 Å². The van der Waals surface area contributed by atoms with Crippen molar-refractivity contribution in [2.45, 2.75) is 77.7 Å². The zero-order valence-electron chi connectivity index (χ0n) is 32.7. The van der Waals surface area contributed by atoms with E-state index < -0.39 is 6.04 Å². The van der Waals surface area contributed by atoms with Gasteiger partial charge in [0.05, 0.1) is 24.6 Å². The Morgan fingerprint density at radius 2 is 1.14 bits per heavy atom. The summed E-state index contributed by atoms with van der Waals surface area (Å²) in [6.07, 6.45) is 11.4. The number of carbonyl (C=O) groups excluding carboxylic acids is 4. The van der Waals surface area contributed by atoms with E-state index in [1.165, 1.54) is 6.42 Å². The zero-order chi connectivity index (χ0) is 39.8. The van der Waals surface area contributed by atoms with Gasteiger partial charge in [-0.1, -0.05) is 134 Å². The number of hydrogen-bond donors (Lipinski definition) is 0. The average molecular weight is 755 g/mol. The van der Waals surface area contributed by atoms with Crippen molar-refractivity contribution >= 4 is 34.9 Å². The molecule has 0 heterocycles. The van der Waals surface area contributed by atoms with E-state index in [9.17, 15) is 19.2 Å². The van der Waals surface area contributed by atoms with Crippen molar-refractivity contribution in [1.82, 2.24) is 0 Å². The fraction of sp³-hybridized carbons (Fsp3) is 0.333. The maximum atomic E-state index is 12.8. The van der Waals surface area contributed by atoms with Crippen LogP contribution in [-0.4, -0.2) is 60.7 Å². The third-order valence-electron chi connectivity index (χ3n) is 9.22. The normalized spacial score (nSPS) is 15.5. The van der Waals surface area contributed by atoms with E-state index >= 15 is 0 Å². The molecule has 8 nitrogen and oxygen atoms in total. The molecule has 0 bridgehead atoms. The second-order valence-electron chi connectivity index (χ2n) is 13.5. The molecule has 0 aliphatic heterocycles. The van der Waals surface area contributed by atoms with Gasteiger partial charge in [0.2, 0.25) is 0 Å². The molecule has 6 rings (SSSR count). The number of Topliss-reactive ketones (excluding diaryl/α,β-unsaturated/α-hetero) is 1. The van der Waals surface area contributed by atoms with Crippen LogP contribution in [0.25, 0.3) is 0 Å². The van der Waals surface area contributed by atoms with Gasteiger partial charge >= 0.3 is 11.9 Å². The Kier molecular flexibility index (Phi) is 18.9. The number of ketones is 2. The summed E-state index contributed by atoms with van der Waals surface area (Å²) in [5, 5.41) is 0. The summed E-state index contributed by atoms with van der Waals surface area (Å²) < 4.78 is 10.3. The minimum absolute atomic E-state index is 0.0347. The lowest BCUT2D eigenvalue weighted by Crippen LogP contribution is -2.32. The quantitative estimate of drug-likeness (QED) is 0.0857. The lowest BCUT2D eigenvalue weighted by Gasteiger charge is -2.22. The van der Waals surface area contributed by atoms with E-state index in [1.807, 2.05) is 127 Å². The Morgan fingerprint density at radius 1 is 0.643 bits per heavy atom. The van der Waals surface area contributed by atoms with Crippen molar-refractivity contribution < 1.29 is 28.7 Å². The van der Waals surface area contributed by atoms with Gasteiger partial charge in [-0.2, -0.15) is 0 Å². The van der Waals surface area contributed by atoms with Crippen molar-refractivity contribution in [3.05, 3.63) is 156 Å². The minimum Gasteiger partial charge on any atom is -0.465 e. The van der Waals surface area contributed by atoms with E-state index in [1.54, 1.807) is 19.9 Å². The molecule has 56 heavy (non-hydrogen) atoms. The van der Waals surface area contributed by atoms with Crippen molar-refractivity contribution in [2.24, 2.45) is 15.9 Å². The summed E-state index contributed by atoms with van der Waals surface area (Å²) in [7, 11) is 0. The number of allylic oxidation sites excluding steroid dienone is 2. The monoisotopic (exact) mass is 754 g/mol. The molecule has 0 amide bonds. The molecular weight excluding hydrogens is 701 g/mol. The Hall–Kier alpha value is -5.76. The molecule has 0 saturated heterocycles. The number of ether oxygens (including phenoxy) is 2. The summed E-state index contributed by atoms with van der Waals surface area (Å²) in [6.45, 7) is 4.30. The molecule has 8 heteroatoms. The van der Waals surface area contributed by atoms with Crippen LogP contribution >= 0.6 is 0 Å². The molecule has 0 aromatic heterocycles. The molecule has 4 aromatic carbocycles. The third kappa shape index (κ3) is 14.8. The molecule has 2 aliphatic rings. The fourth-order valence-corrected chi connectivity index (χ4v) is 6.47. The average Bonchev–Trinajstić information content (AvgIpc) is 3.61. The van der Waals surface area contributed by atoms with Gasteiger partial charge in [-0.15, -0.1) is 0 Å². The largest absolute Gasteiger partial charge is 0.465 e. The van der Waals surface area contributed by atoms with Crippen LogP contribution in [0.4, 0.5) is 0 Å². The summed E-state index contributed by atoms with van der Waals surface area (Å²) >= 11 is 0. The van der Waals surface area contributed by atoms with Gasteiger partial charge in [0.1, 0.15) is 12.3 Å². The fourth-order valence-electron chi connectivity index (χ4n) is 6.47. The number of hydrogen-bond acceptors (Lipinski definition) is 8. The van der Waals surface area contributed by atoms with Crippen LogP contribution in [0.2, 0.25) is 0 Å². The van der Waals surface area contributed by atoms with E-state index in [2.05, 4.69) is 4.99 Å². The molecule has 2 atom stereocenters. The predicted molar refractivity (Wildman–Crippen MR) is 223 cm³/mol. The van der Waals surface area contributed by atoms with Gasteiger partial charge < -0.3 is 9.47 Å². The minimum atomic E-state index is -0.669. The Bertz CT molecular complexity index is 1810. The highest BCUT2D eigenvalue weighted by Crippen LogP contribution is 2.28. The van der Waals surface area contributed by atoms with Crippen LogP contribution in [0.5, 0.6) is 0 Å². The highest BCUT2D eigenvalue weighted by Gasteiger charge is 2.32. The molecule has 0 N–H and O–H groups in total. The first-order valence-electron chi connectivity index (χ1n) is 19.8. The maximum absolute atomic E-state index is 12.8. The smallest absolute Gasteiger partial charge is 0.331 e. The maximum Gasteiger partial charge on any atom is 0.331 e. The highest BCUT2D eigenvalue weighted by atomic mass is 16.5. The number of carbonyl (C=O) groups is 4. The lowest BCUT2D eigenvalue weighted by atomic mass is 9.91. The van der Waals surface area contributed by atoms with Crippen molar-refractivity contribution in [1.29, 1.82) is 0 Å². The first-order chi connectivity index (χ1) is 27.4. The first kappa shape index (κ1) is 43.0. The van der Waals surface area contributed by atoms with Crippen LogP contribution in [0.1, 0.15) is 93.9 Å². The lowest BCUT2D eigenvalue weighted by molar-refractivity contribution is -0.146. The van der Waals surface area contributed by atoms with Crippen LogP contribution < -0.4 is 0 Å². The first-order valence-corrected chi connectivity index (χ1v) is 19.8. The molecule has 0 spiro atoms. The van der Waals surface area contributed by atoms with Crippen LogP contribution in [-0.2, 0) is 28.7 Å². The zero-order valence-corrected chi connectivity index (χ0v) is 32.7. The molecule has 292 valence electrons. The molecular formula is C48H54N2O6. The number of nitrogens with zero attached hydrogens (tertiary/aromatic N) is 2.